The molecular weight excluding hydrogens is 420 g/mol. The van der Waals surface area contributed by atoms with Gasteiger partial charge in [-0.25, -0.2) is 4.79 Å². The Labute approximate surface area is 192 Å². The van der Waals surface area contributed by atoms with Crippen LogP contribution in [0.15, 0.2) is 56.8 Å². The van der Waals surface area contributed by atoms with Gasteiger partial charge in [-0.05, 0) is 68.7 Å². The minimum atomic E-state index is -0.325. The number of aromatic nitrogens is 3. The summed E-state index contributed by atoms with van der Waals surface area (Å²) in [5.41, 5.74) is 5.62. The fraction of sp³-hybridized carbons (Fsp3) is 0.320. The Morgan fingerprint density at radius 2 is 1.75 bits per heavy atom. The van der Waals surface area contributed by atoms with Crippen LogP contribution in [0.25, 0.3) is 22.4 Å². The molecule has 0 fully saturated rings. The Morgan fingerprint density at radius 3 is 2.44 bits per heavy atom. The van der Waals surface area contributed by atoms with Crippen LogP contribution in [0.2, 0.25) is 0 Å². The predicted octanol–water partition coefficient (Wildman–Crippen LogP) is 5.34. The fourth-order valence-corrected chi connectivity index (χ4v) is 4.79. The van der Waals surface area contributed by atoms with Gasteiger partial charge in [0, 0.05) is 48.6 Å². The topological polar surface area (TPSA) is 64.2 Å². The first-order chi connectivity index (χ1) is 15.4. The Balaban J connectivity index is 1.58. The van der Waals surface area contributed by atoms with Crippen LogP contribution in [0, 0.1) is 13.8 Å². The van der Waals surface area contributed by atoms with E-state index in [-0.39, 0.29) is 5.63 Å². The zero-order valence-electron chi connectivity index (χ0n) is 19.2. The van der Waals surface area contributed by atoms with E-state index in [0.717, 1.165) is 51.7 Å². The van der Waals surface area contributed by atoms with Gasteiger partial charge in [-0.3, -0.25) is 0 Å². The average Bonchev–Trinajstić information content (AvgIpc) is 3.16. The van der Waals surface area contributed by atoms with Crippen molar-refractivity contribution in [3.05, 3.63) is 69.6 Å². The van der Waals surface area contributed by atoms with Crippen LogP contribution in [-0.4, -0.2) is 27.9 Å². The normalized spacial score (nSPS) is 11.3. The molecular formula is C25H28N4O2S. The zero-order chi connectivity index (χ0) is 22.8. The maximum absolute atomic E-state index is 12.1. The lowest BCUT2D eigenvalue weighted by atomic mass is 10.0. The zero-order valence-corrected chi connectivity index (χ0v) is 20.0. The summed E-state index contributed by atoms with van der Waals surface area (Å²) < 4.78 is 7.49. The molecule has 6 nitrogen and oxygen atoms in total. The molecule has 2 aromatic heterocycles. The predicted molar refractivity (Wildman–Crippen MR) is 132 cm³/mol. The fourth-order valence-electron chi connectivity index (χ4n) is 3.89. The van der Waals surface area contributed by atoms with Gasteiger partial charge in [-0.15, -0.1) is 10.2 Å². The van der Waals surface area contributed by atoms with Gasteiger partial charge in [0.2, 0.25) is 0 Å². The molecule has 0 aliphatic rings. The van der Waals surface area contributed by atoms with E-state index in [2.05, 4.69) is 59.3 Å². The number of thioether (sulfide) groups is 1. The van der Waals surface area contributed by atoms with Crippen LogP contribution in [0.3, 0.4) is 0 Å². The van der Waals surface area contributed by atoms with Crippen molar-refractivity contribution in [3.63, 3.8) is 0 Å². The van der Waals surface area contributed by atoms with E-state index in [1.165, 1.54) is 5.69 Å². The van der Waals surface area contributed by atoms with Gasteiger partial charge in [-0.2, -0.15) is 0 Å². The second-order valence-electron chi connectivity index (χ2n) is 7.85. The molecule has 0 aliphatic carbocycles. The molecule has 2 heterocycles. The largest absolute Gasteiger partial charge is 0.422 e. The lowest BCUT2D eigenvalue weighted by Gasteiger charge is -2.21. The average molecular weight is 449 g/mol. The van der Waals surface area contributed by atoms with E-state index in [0.29, 0.717) is 11.3 Å². The molecule has 0 saturated carbocycles. The smallest absolute Gasteiger partial charge is 0.336 e. The van der Waals surface area contributed by atoms with Gasteiger partial charge in [0.05, 0.1) is 0 Å². The summed E-state index contributed by atoms with van der Waals surface area (Å²) in [4.78, 5) is 14.5. The number of aryl methyl sites for hydroxylation is 2. The second kappa shape index (κ2) is 9.20. The summed E-state index contributed by atoms with van der Waals surface area (Å²) in [5.74, 6) is 1.43. The number of anilines is 1. The van der Waals surface area contributed by atoms with Crippen molar-refractivity contribution in [2.75, 3.05) is 18.0 Å². The molecule has 0 spiro atoms. The monoisotopic (exact) mass is 448 g/mol. The van der Waals surface area contributed by atoms with Crippen molar-refractivity contribution < 1.29 is 4.42 Å². The summed E-state index contributed by atoms with van der Waals surface area (Å²) in [6.45, 7) is 10.3. The molecule has 166 valence electrons. The van der Waals surface area contributed by atoms with Gasteiger partial charge < -0.3 is 13.9 Å². The van der Waals surface area contributed by atoms with Crippen molar-refractivity contribution >= 4 is 28.4 Å². The number of hydrogen-bond acceptors (Lipinski definition) is 6. The highest BCUT2D eigenvalue weighted by Gasteiger charge is 2.14. The summed E-state index contributed by atoms with van der Waals surface area (Å²) in [5, 5.41) is 10.6. The van der Waals surface area contributed by atoms with E-state index in [4.69, 9.17) is 4.42 Å². The van der Waals surface area contributed by atoms with Crippen molar-refractivity contribution in [2.24, 2.45) is 7.05 Å². The van der Waals surface area contributed by atoms with Crippen molar-refractivity contribution in [2.45, 2.75) is 38.6 Å². The molecule has 2 aromatic carbocycles. The highest BCUT2D eigenvalue weighted by molar-refractivity contribution is 7.98. The third-order valence-corrected chi connectivity index (χ3v) is 7.03. The van der Waals surface area contributed by atoms with Crippen molar-refractivity contribution in [1.29, 1.82) is 0 Å². The maximum Gasteiger partial charge on any atom is 0.336 e. The van der Waals surface area contributed by atoms with Crippen molar-refractivity contribution in [1.82, 2.24) is 14.8 Å². The summed E-state index contributed by atoms with van der Waals surface area (Å²) in [6, 6.07) is 14.1. The molecule has 0 amide bonds. The van der Waals surface area contributed by atoms with Crippen LogP contribution in [0.5, 0.6) is 0 Å². The van der Waals surface area contributed by atoms with Crippen LogP contribution < -0.4 is 10.5 Å². The quantitative estimate of drug-likeness (QED) is 0.281. The number of benzene rings is 2. The van der Waals surface area contributed by atoms with Crippen LogP contribution in [-0.2, 0) is 12.8 Å². The standard InChI is InChI=1S/C25H28N4O2S/c1-6-29(7-2)20-11-9-18(10-12-20)24-26-27-25(28(24)5)32-15-19-14-22(30)31-23-17(4)16(3)8-13-21(19)23/h8-14H,6-7,15H2,1-5H3. The second-order valence-corrected chi connectivity index (χ2v) is 8.79. The molecule has 0 unspecified atom stereocenters. The molecule has 0 saturated heterocycles. The molecule has 0 aliphatic heterocycles. The molecule has 0 atom stereocenters. The summed E-state index contributed by atoms with van der Waals surface area (Å²) >= 11 is 1.57. The number of fused-ring (bicyclic) bond motifs is 1. The van der Waals surface area contributed by atoms with E-state index in [1.807, 2.05) is 31.5 Å². The molecule has 4 aromatic rings. The summed E-state index contributed by atoms with van der Waals surface area (Å²) in [6.07, 6.45) is 0. The minimum Gasteiger partial charge on any atom is -0.422 e. The van der Waals surface area contributed by atoms with Gasteiger partial charge in [0.25, 0.3) is 0 Å². The van der Waals surface area contributed by atoms with Gasteiger partial charge in [-0.1, -0.05) is 23.9 Å². The van der Waals surface area contributed by atoms with Gasteiger partial charge in [0.1, 0.15) is 5.58 Å². The minimum absolute atomic E-state index is 0.325. The molecule has 32 heavy (non-hydrogen) atoms. The van der Waals surface area contributed by atoms with E-state index < -0.39 is 0 Å². The first-order valence-electron chi connectivity index (χ1n) is 10.8. The molecule has 0 N–H and O–H groups in total. The van der Waals surface area contributed by atoms with Crippen LogP contribution in [0.4, 0.5) is 5.69 Å². The Kier molecular flexibility index (Phi) is 6.37. The lowest BCUT2D eigenvalue weighted by Crippen LogP contribution is -2.21. The Morgan fingerprint density at radius 1 is 1.03 bits per heavy atom. The summed E-state index contributed by atoms with van der Waals surface area (Å²) in [7, 11) is 1.97. The highest BCUT2D eigenvalue weighted by atomic mass is 32.2. The first-order valence-corrected chi connectivity index (χ1v) is 11.8. The van der Waals surface area contributed by atoms with Crippen LogP contribution >= 0.6 is 11.8 Å². The highest BCUT2D eigenvalue weighted by Crippen LogP contribution is 2.30. The van der Waals surface area contributed by atoms with E-state index in [1.54, 1.807) is 17.8 Å². The Bertz CT molecular complexity index is 1300. The number of nitrogens with zero attached hydrogens (tertiary/aromatic N) is 4. The van der Waals surface area contributed by atoms with E-state index in [9.17, 15) is 4.79 Å². The number of hydrogen-bond donors (Lipinski definition) is 0. The number of rotatable bonds is 7. The SMILES string of the molecule is CCN(CC)c1ccc(-c2nnc(SCc3cc(=O)oc4c(C)c(C)ccc34)n2C)cc1. The Hall–Kier alpha value is -3.06. The lowest BCUT2D eigenvalue weighted by molar-refractivity contribution is 0.557. The molecule has 7 heteroatoms. The van der Waals surface area contributed by atoms with Crippen LogP contribution in [0.1, 0.15) is 30.5 Å². The molecule has 0 bridgehead atoms. The van der Waals surface area contributed by atoms with E-state index >= 15 is 0 Å². The first kappa shape index (κ1) is 22.1. The third-order valence-electron chi connectivity index (χ3n) is 5.96. The van der Waals surface area contributed by atoms with Crippen molar-refractivity contribution in [3.8, 4) is 11.4 Å². The maximum atomic E-state index is 12.1. The molecule has 0 radical (unpaired) electrons. The van der Waals surface area contributed by atoms with Gasteiger partial charge >= 0.3 is 5.63 Å². The molecule has 4 rings (SSSR count). The third kappa shape index (κ3) is 4.17. The van der Waals surface area contributed by atoms with Gasteiger partial charge in [0.15, 0.2) is 11.0 Å².